The molecule has 1 heterocycles. The summed E-state index contributed by atoms with van der Waals surface area (Å²) in [5, 5.41) is 14.8. The molecule has 0 spiro atoms. The second-order valence-electron chi connectivity index (χ2n) is 5.51. The van der Waals surface area contributed by atoms with Gasteiger partial charge in [0.05, 0.1) is 12.2 Å². The van der Waals surface area contributed by atoms with E-state index in [0.717, 1.165) is 5.56 Å². The van der Waals surface area contributed by atoms with E-state index in [1.54, 1.807) is 55.5 Å². The quantitative estimate of drug-likeness (QED) is 0.655. The lowest BCUT2D eigenvalue weighted by Crippen LogP contribution is -2.20. The van der Waals surface area contributed by atoms with Crippen molar-refractivity contribution in [2.24, 2.45) is 0 Å². The highest BCUT2D eigenvalue weighted by atomic mass is 35.5. The Hall–Kier alpha value is -3.26. The summed E-state index contributed by atoms with van der Waals surface area (Å²) in [4.78, 5) is 23.9. The van der Waals surface area contributed by atoms with E-state index in [0.29, 0.717) is 28.7 Å². The molecule has 0 atom stereocenters. The lowest BCUT2D eigenvalue weighted by atomic mass is 10.2. The minimum absolute atomic E-state index is 0.0649. The molecule has 0 aliphatic carbocycles. The first-order chi connectivity index (χ1) is 13.1. The molecule has 0 saturated heterocycles. The van der Waals surface area contributed by atoms with Crippen molar-refractivity contribution in [3.05, 3.63) is 59.1 Å². The Morgan fingerprint density at radius 1 is 1.11 bits per heavy atom. The van der Waals surface area contributed by atoms with E-state index in [1.165, 1.54) is 4.68 Å². The van der Waals surface area contributed by atoms with Gasteiger partial charge in [-0.1, -0.05) is 11.6 Å². The number of esters is 1. The van der Waals surface area contributed by atoms with Crippen LogP contribution in [-0.4, -0.2) is 38.7 Å². The van der Waals surface area contributed by atoms with E-state index in [1.807, 2.05) is 0 Å². The van der Waals surface area contributed by atoms with Crippen LogP contribution >= 0.6 is 11.6 Å². The van der Waals surface area contributed by atoms with Crippen LogP contribution in [0.4, 0.5) is 5.69 Å². The Morgan fingerprint density at radius 3 is 2.48 bits per heavy atom. The summed E-state index contributed by atoms with van der Waals surface area (Å²) in [6.07, 6.45) is 0. The van der Waals surface area contributed by atoms with Crippen LogP contribution in [0.5, 0.6) is 0 Å². The number of ether oxygens (including phenoxy) is 1. The van der Waals surface area contributed by atoms with Gasteiger partial charge in [-0.05, 0) is 65.9 Å². The number of anilines is 1. The SMILES string of the molecule is CCOC(=O)c1ccc(NC(=O)Cn2nnnc2-c2ccc(Cl)cc2)cc1. The van der Waals surface area contributed by atoms with Crippen molar-refractivity contribution >= 4 is 29.2 Å². The number of nitrogens with zero attached hydrogens (tertiary/aromatic N) is 4. The zero-order valence-electron chi connectivity index (χ0n) is 14.4. The zero-order valence-corrected chi connectivity index (χ0v) is 15.2. The minimum Gasteiger partial charge on any atom is -0.462 e. The van der Waals surface area contributed by atoms with Gasteiger partial charge in [-0.25, -0.2) is 9.48 Å². The molecule has 138 valence electrons. The molecule has 3 rings (SSSR count). The van der Waals surface area contributed by atoms with Gasteiger partial charge in [0.15, 0.2) is 5.82 Å². The maximum Gasteiger partial charge on any atom is 0.338 e. The molecule has 0 aliphatic rings. The maximum atomic E-state index is 12.3. The smallest absolute Gasteiger partial charge is 0.338 e. The second kappa shape index (κ2) is 8.41. The van der Waals surface area contributed by atoms with Crippen LogP contribution in [0, 0.1) is 0 Å². The van der Waals surface area contributed by atoms with Crippen LogP contribution in [0.25, 0.3) is 11.4 Å². The molecule has 1 N–H and O–H groups in total. The Morgan fingerprint density at radius 2 is 1.81 bits per heavy atom. The summed E-state index contributed by atoms with van der Waals surface area (Å²) in [6, 6.07) is 13.4. The summed E-state index contributed by atoms with van der Waals surface area (Å²) in [7, 11) is 0. The zero-order chi connectivity index (χ0) is 19.2. The van der Waals surface area contributed by atoms with Gasteiger partial charge in [-0.2, -0.15) is 0 Å². The summed E-state index contributed by atoms with van der Waals surface area (Å²) in [5.41, 5.74) is 1.71. The van der Waals surface area contributed by atoms with Crippen molar-refractivity contribution in [3.63, 3.8) is 0 Å². The Kier molecular flexibility index (Phi) is 5.77. The van der Waals surface area contributed by atoms with Crippen molar-refractivity contribution in [1.82, 2.24) is 20.2 Å². The maximum absolute atomic E-state index is 12.3. The number of aromatic nitrogens is 4. The highest BCUT2D eigenvalue weighted by molar-refractivity contribution is 6.30. The number of hydrogen-bond acceptors (Lipinski definition) is 6. The summed E-state index contributed by atoms with van der Waals surface area (Å²) in [5.74, 6) is -0.252. The van der Waals surface area contributed by atoms with E-state index in [2.05, 4.69) is 20.8 Å². The van der Waals surface area contributed by atoms with Crippen LogP contribution in [-0.2, 0) is 16.1 Å². The third kappa shape index (κ3) is 4.68. The molecule has 27 heavy (non-hydrogen) atoms. The number of tetrazole rings is 1. The highest BCUT2D eigenvalue weighted by Crippen LogP contribution is 2.19. The number of benzene rings is 2. The standard InChI is InChI=1S/C18H16ClN5O3/c1-2-27-18(26)13-5-9-15(10-6-13)20-16(25)11-24-17(21-22-23-24)12-3-7-14(19)8-4-12/h3-10H,2,11H2,1H3,(H,20,25). The van der Waals surface area contributed by atoms with E-state index in [4.69, 9.17) is 16.3 Å². The highest BCUT2D eigenvalue weighted by Gasteiger charge is 2.13. The molecule has 0 unspecified atom stereocenters. The summed E-state index contributed by atoms with van der Waals surface area (Å²) >= 11 is 5.88. The Labute approximate surface area is 160 Å². The number of nitrogens with one attached hydrogen (secondary N) is 1. The molecule has 1 amide bonds. The number of carbonyl (C=O) groups excluding carboxylic acids is 2. The molecule has 1 aromatic heterocycles. The first-order valence-corrected chi connectivity index (χ1v) is 8.53. The van der Waals surface area contributed by atoms with Gasteiger partial charge in [0, 0.05) is 16.3 Å². The first-order valence-electron chi connectivity index (χ1n) is 8.16. The molecule has 3 aromatic rings. The minimum atomic E-state index is -0.406. The molecule has 0 saturated carbocycles. The summed E-state index contributed by atoms with van der Waals surface area (Å²) in [6.45, 7) is 1.98. The average Bonchev–Trinajstić information content (AvgIpc) is 3.11. The third-order valence-electron chi connectivity index (χ3n) is 3.61. The number of rotatable bonds is 6. The number of halogens is 1. The third-order valence-corrected chi connectivity index (χ3v) is 3.86. The molecule has 0 fully saturated rings. The second-order valence-corrected chi connectivity index (χ2v) is 5.95. The molecule has 9 heteroatoms. The lowest BCUT2D eigenvalue weighted by Gasteiger charge is -2.08. The van der Waals surface area contributed by atoms with Gasteiger partial charge in [0.25, 0.3) is 0 Å². The van der Waals surface area contributed by atoms with E-state index in [-0.39, 0.29) is 12.5 Å². The Bertz CT molecular complexity index is 938. The first kappa shape index (κ1) is 18.5. The van der Waals surface area contributed by atoms with E-state index in [9.17, 15) is 9.59 Å². The monoisotopic (exact) mass is 385 g/mol. The van der Waals surface area contributed by atoms with Crippen LogP contribution < -0.4 is 5.32 Å². The Balaban J connectivity index is 1.66. The van der Waals surface area contributed by atoms with Crippen LogP contribution in [0.15, 0.2) is 48.5 Å². The van der Waals surface area contributed by atoms with E-state index >= 15 is 0 Å². The molecule has 0 radical (unpaired) electrons. The number of amides is 1. The van der Waals surface area contributed by atoms with Crippen molar-refractivity contribution < 1.29 is 14.3 Å². The van der Waals surface area contributed by atoms with Gasteiger partial charge in [-0.3, -0.25) is 4.79 Å². The number of hydrogen-bond donors (Lipinski definition) is 1. The fourth-order valence-electron chi connectivity index (χ4n) is 2.36. The van der Waals surface area contributed by atoms with Crippen molar-refractivity contribution in [3.8, 4) is 11.4 Å². The van der Waals surface area contributed by atoms with Gasteiger partial charge in [0.1, 0.15) is 6.54 Å². The van der Waals surface area contributed by atoms with Gasteiger partial charge in [-0.15, -0.1) is 5.10 Å². The van der Waals surface area contributed by atoms with Gasteiger partial charge >= 0.3 is 5.97 Å². The molecular formula is C18H16ClN5O3. The molecule has 0 bridgehead atoms. The fourth-order valence-corrected chi connectivity index (χ4v) is 2.48. The normalized spacial score (nSPS) is 10.4. The van der Waals surface area contributed by atoms with Crippen LogP contribution in [0.3, 0.4) is 0 Å². The van der Waals surface area contributed by atoms with Crippen molar-refractivity contribution in [2.45, 2.75) is 13.5 Å². The molecule has 8 nitrogen and oxygen atoms in total. The lowest BCUT2D eigenvalue weighted by molar-refractivity contribution is -0.116. The fraction of sp³-hybridized carbons (Fsp3) is 0.167. The predicted molar refractivity (Wildman–Crippen MR) is 99.3 cm³/mol. The van der Waals surface area contributed by atoms with Crippen molar-refractivity contribution in [2.75, 3.05) is 11.9 Å². The largest absolute Gasteiger partial charge is 0.462 e. The van der Waals surface area contributed by atoms with E-state index < -0.39 is 5.97 Å². The van der Waals surface area contributed by atoms with Gasteiger partial charge < -0.3 is 10.1 Å². The van der Waals surface area contributed by atoms with Crippen molar-refractivity contribution in [1.29, 1.82) is 0 Å². The van der Waals surface area contributed by atoms with Crippen LogP contribution in [0.2, 0.25) is 5.02 Å². The number of carbonyl (C=O) groups is 2. The topological polar surface area (TPSA) is 99.0 Å². The molecule has 2 aromatic carbocycles. The van der Waals surface area contributed by atoms with Crippen LogP contribution in [0.1, 0.15) is 17.3 Å². The molecular weight excluding hydrogens is 370 g/mol. The molecule has 0 aliphatic heterocycles. The average molecular weight is 386 g/mol. The van der Waals surface area contributed by atoms with Gasteiger partial charge in [0.2, 0.25) is 5.91 Å². The summed E-state index contributed by atoms with van der Waals surface area (Å²) < 4.78 is 6.32. The predicted octanol–water partition coefficient (Wildman–Crippen LogP) is 2.81.